The number of benzene rings is 3. The fourth-order valence-corrected chi connectivity index (χ4v) is 9.05. The number of carbonyl (C=O) groups is 7. The molecule has 1 saturated carbocycles. The van der Waals surface area contributed by atoms with Crippen LogP contribution in [0, 0.1) is 23.7 Å². The second kappa shape index (κ2) is 27.9. The molecule has 1 aliphatic carbocycles. The monoisotopic (exact) mass is 966 g/mol. The number of nitrogens with two attached hydrogens (primary N) is 1. The quantitative estimate of drug-likeness (QED) is 0.0519. The number of amides is 6. The maximum absolute atomic E-state index is 14.6. The van der Waals surface area contributed by atoms with Gasteiger partial charge < -0.3 is 42.3 Å². The van der Waals surface area contributed by atoms with Crippen LogP contribution in [0.2, 0.25) is 0 Å². The molecule has 382 valence electrons. The predicted molar refractivity (Wildman–Crippen MR) is 273 cm³/mol. The van der Waals surface area contributed by atoms with Crippen molar-refractivity contribution >= 4 is 41.2 Å². The Morgan fingerprint density at radius 1 is 0.586 bits per heavy atom. The first-order valence-corrected chi connectivity index (χ1v) is 25.2. The average Bonchev–Trinajstić information content (AvgIpc) is 3.33. The predicted octanol–water partition coefficient (Wildman–Crippen LogP) is 5.75. The van der Waals surface area contributed by atoms with E-state index in [1.807, 2.05) is 89.2 Å². The molecule has 70 heavy (non-hydrogen) atoms. The van der Waals surface area contributed by atoms with Crippen molar-refractivity contribution in [2.75, 3.05) is 13.6 Å². The molecular weight excluding hydrogens is 887 g/mol. The SMILES string of the molecule is CC(=O)[C@H](CC1CCCCC1)NC(=O)[C@H](CCN)NC(=O)[C@@H](CC(C)C)NC(=O)[C@H](C)N(C)C(=O)[C@H](Cc1ccc(O)cc1)NC(=O)[C@H](Cc1ccc(-c2ccccc2)cc1)NC(=O)[C@@H](C)CC(C)C. The van der Waals surface area contributed by atoms with Crippen LogP contribution in [0.25, 0.3) is 11.1 Å². The van der Waals surface area contributed by atoms with Gasteiger partial charge in [0.1, 0.15) is 36.0 Å². The van der Waals surface area contributed by atoms with Gasteiger partial charge in [-0.1, -0.05) is 133 Å². The largest absolute Gasteiger partial charge is 0.508 e. The molecule has 0 aromatic heterocycles. The zero-order valence-electron chi connectivity index (χ0n) is 42.6. The van der Waals surface area contributed by atoms with Crippen molar-refractivity contribution in [3.8, 4) is 16.9 Å². The Hall–Kier alpha value is -6.09. The molecule has 7 atom stereocenters. The molecule has 0 spiro atoms. The normalized spacial score (nSPS) is 15.9. The molecule has 3 aromatic rings. The van der Waals surface area contributed by atoms with Gasteiger partial charge in [0, 0.05) is 25.8 Å². The number of likely N-dealkylation sites (N-methyl/N-ethyl adjacent to an activating group) is 1. The van der Waals surface area contributed by atoms with E-state index in [4.69, 9.17) is 5.73 Å². The number of Topliss-reactive ketones (excluding diaryl/α,β-unsaturated/α-hetero) is 1. The third-order valence-corrected chi connectivity index (χ3v) is 13.2. The van der Waals surface area contributed by atoms with Gasteiger partial charge in [0.2, 0.25) is 35.4 Å². The van der Waals surface area contributed by atoms with Crippen LogP contribution in [0.4, 0.5) is 0 Å². The highest BCUT2D eigenvalue weighted by molar-refractivity contribution is 5.97. The third-order valence-electron chi connectivity index (χ3n) is 13.2. The minimum atomic E-state index is -1.23. The highest BCUT2D eigenvalue weighted by Crippen LogP contribution is 2.28. The number of carbonyl (C=O) groups excluding carboxylic acids is 7. The van der Waals surface area contributed by atoms with Crippen LogP contribution >= 0.6 is 0 Å². The van der Waals surface area contributed by atoms with E-state index in [0.29, 0.717) is 24.3 Å². The number of hydrogen-bond donors (Lipinski definition) is 7. The van der Waals surface area contributed by atoms with Crippen molar-refractivity contribution < 1.29 is 38.7 Å². The number of phenols is 1. The van der Waals surface area contributed by atoms with Crippen molar-refractivity contribution in [2.45, 2.75) is 155 Å². The molecule has 6 amide bonds. The van der Waals surface area contributed by atoms with Gasteiger partial charge in [0.15, 0.2) is 5.78 Å². The number of phenolic OH excluding ortho intramolecular Hbond substituents is 1. The zero-order valence-corrected chi connectivity index (χ0v) is 42.6. The first kappa shape index (κ1) is 56.5. The van der Waals surface area contributed by atoms with Crippen LogP contribution in [0.3, 0.4) is 0 Å². The molecule has 4 rings (SSSR count). The Balaban J connectivity index is 1.54. The molecule has 3 aromatic carbocycles. The van der Waals surface area contributed by atoms with E-state index in [2.05, 4.69) is 26.6 Å². The van der Waals surface area contributed by atoms with Crippen LogP contribution in [0.5, 0.6) is 5.75 Å². The van der Waals surface area contributed by atoms with Gasteiger partial charge >= 0.3 is 0 Å². The van der Waals surface area contributed by atoms with Crippen molar-refractivity contribution in [3.63, 3.8) is 0 Å². The molecule has 0 aliphatic heterocycles. The van der Waals surface area contributed by atoms with Crippen LogP contribution in [-0.2, 0) is 46.4 Å². The maximum Gasteiger partial charge on any atom is 0.245 e. The van der Waals surface area contributed by atoms with E-state index in [0.717, 1.165) is 48.8 Å². The summed E-state index contributed by atoms with van der Waals surface area (Å²) in [6, 6.07) is 17.5. The number of rotatable bonds is 26. The van der Waals surface area contributed by atoms with E-state index in [-0.39, 0.29) is 61.5 Å². The first-order chi connectivity index (χ1) is 33.3. The third kappa shape index (κ3) is 18.0. The van der Waals surface area contributed by atoms with Gasteiger partial charge in [0.25, 0.3) is 0 Å². The first-order valence-electron chi connectivity index (χ1n) is 25.2. The van der Waals surface area contributed by atoms with Crippen molar-refractivity contribution in [2.24, 2.45) is 29.4 Å². The Bertz CT molecular complexity index is 2180. The average molecular weight is 966 g/mol. The lowest BCUT2D eigenvalue weighted by molar-refractivity contribution is -0.142. The van der Waals surface area contributed by atoms with Gasteiger partial charge in [0.05, 0.1) is 6.04 Å². The van der Waals surface area contributed by atoms with Gasteiger partial charge in [-0.05, 0) is 98.2 Å². The fraction of sp³-hybridized carbons (Fsp3) is 0.545. The lowest BCUT2D eigenvalue weighted by Gasteiger charge is -2.31. The summed E-state index contributed by atoms with van der Waals surface area (Å²) in [5.41, 5.74) is 9.30. The lowest BCUT2D eigenvalue weighted by Crippen LogP contribution is -2.60. The summed E-state index contributed by atoms with van der Waals surface area (Å²) in [6.45, 7) is 12.6. The Morgan fingerprint density at radius 3 is 1.64 bits per heavy atom. The second-order valence-electron chi connectivity index (χ2n) is 20.2. The highest BCUT2D eigenvalue weighted by atomic mass is 16.3. The van der Waals surface area contributed by atoms with Crippen molar-refractivity contribution in [1.82, 2.24) is 31.5 Å². The molecule has 8 N–H and O–H groups in total. The Kier molecular flexibility index (Phi) is 22.5. The number of ketones is 1. The lowest BCUT2D eigenvalue weighted by atomic mass is 9.84. The zero-order chi connectivity index (χ0) is 51.5. The molecular formula is C55H79N7O8. The number of hydrogen-bond acceptors (Lipinski definition) is 9. The van der Waals surface area contributed by atoms with Gasteiger partial charge in [-0.3, -0.25) is 33.6 Å². The minimum Gasteiger partial charge on any atom is -0.508 e. The van der Waals surface area contributed by atoms with E-state index < -0.39 is 71.7 Å². The second-order valence-corrected chi connectivity index (χ2v) is 20.2. The summed E-state index contributed by atoms with van der Waals surface area (Å²) in [4.78, 5) is 98.2. The molecule has 1 aliphatic rings. The number of nitrogens with zero attached hydrogens (tertiary/aromatic N) is 1. The van der Waals surface area contributed by atoms with Crippen molar-refractivity contribution in [1.29, 1.82) is 0 Å². The summed E-state index contributed by atoms with van der Waals surface area (Å²) in [7, 11) is 1.43. The van der Waals surface area contributed by atoms with E-state index in [1.165, 1.54) is 37.9 Å². The van der Waals surface area contributed by atoms with Gasteiger partial charge in [-0.15, -0.1) is 0 Å². The summed E-state index contributed by atoms with van der Waals surface area (Å²) in [6.07, 6.45) is 6.85. The standard InChI is InChI=1S/C55H79N7O8/c1-34(2)29-36(5)50(65)59-48(32-40-19-23-43(24-20-40)42-17-13-10-14-18-42)54(69)61-49(33-41-21-25-44(64)26-22-41)55(70)62(8)37(6)51(66)60-47(30-35(3)4)53(68)57-45(27-28-56)52(67)58-46(38(7)63)31-39-15-11-9-12-16-39/h10,13-14,17-26,34-37,39,45-49,64H,9,11-12,15-16,27-33,56H2,1-8H3,(H,57,68)(H,58,67)(H,59,65)(H,60,66)(H,61,69)/t36-,37-,45-,46-,47+,48-,49-/m0/s1. The van der Waals surface area contributed by atoms with E-state index >= 15 is 0 Å². The van der Waals surface area contributed by atoms with E-state index in [1.54, 1.807) is 12.1 Å². The minimum absolute atomic E-state index is 0.0135. The molecule has 1 fully saturated rings. The number of aromatic hydroxyl groups is 1. The molecule has 0 bridgehead atoms. The van der Waals surface area contributed by atoms with Gasteiger partial charge in [-0.2, -0.15) is 0 Å². The number of nitrogens with one attached hydrogen (secondary N) is 5. The van der Waals surface area contributed by atoms with Crippen LogP contribution in [-0.4, -0.2) is 101 Å². The van der Waals surface area contributed by atoms with Gasteiger partial charge in [-0.25, -0.2) is 0 Å². The highest BCUT2D eigenvalue weighted by Gasteiger charge is 2.35. The van der Waals surface area contributed by atoms with Crippen LogP contribution in [0.15, 0.2) is 78.9 Å². The molecule has 0 radical (unpaired) electrons. The molecule has 0 saturated heterocycles. The van der Waals surface area contributed by atoms with E-state index in [9.17, 15) is 38.7 Å². The fourth-order valence-electron chi connectivity index (χ4n) is 9.05. The molecule has 15 nitrogen and oxygen atoms in total. The molecule has 15 heteroatoms. The summed E-state index contributed by atoms with van der Waals surface area (Å²) < 4.78 is 0. The molecule has 0 unspecified atom stereocenters. The topological polar surface area (TPSA) is 229 Å². The Labute approximate surface area is 415 Å². The maximum atomic E-state index is 14.6. The summed E-state index contributed by atoms with van der Waals surface area (Å²) in [5, 5.41) is 24.3. The smallest absolute Gasteiger partial charge is 0.245 e. The molecule has 0 heterocycles. The van der Waals surface area contributed by atoms with Crippen molar-refractivity contribution in [3.05, 3.63) is 90.0 Å². The summed E-state index contributed by atoms with van der Waals surface area (Å²) in [5.74, 6) is -3.38. The summed E-state index contributed by atoms with van der Waals surface area (Å²) >= 11 is 0. The van der Waals surface area contributed by atoms with Crippen LogP contribution < -0.4 is 32.3 Å². The van der Waals surface area contributed by atoms with Crippen LogP contribution in [0.1, 0.15) is 117 Å². The Morgan fingerprint density at radius 2 is 1.07 bits per heavy atom.